The Balaban J connectivity index is 0.000000240. The molecule has 0 aromatic heterocycles. The maximum atomic E-state index is 12.3. The molecule has 4 saturated carbocycles. The molecular formula is C24H44FeO4P2S4. The molecule has 2 atom stereocenters. The first kappa shape index (κ1) is 33.6. The van der Waals surface area contributed by atoms with E-state index in [0.717, 1.165) is 25.7 Å². The molecule has 0 bridgehead atoms. The summed E-state index contributed by atoms with van der Waals surface area (Å²) >= 11 is 13.3. The Kier molecular flexibility index (Phi) is 17.2. The fraction of sp³-hybridized carbons (Fsp3) is 1.00. The standard InChI is InChI=1S/2C12H23O2PS2.Fe/c2*13-15(16,14-11-7-3-1-4-8-11)17-12-9-5-2-6-10-12;/h2*11-12H,1-10H2,(H,13,16);/q;;+2/p-2. The normalized spacial score (nSPS) is 27.0. The van der Waals surface area contributed by atoms with Gasteiger partial charge in [-0.3, -0.25) is 0 Å². The second-order valence-corrected chi connectivity index (χ2v) is 22.7. The van der Waals surface area contributed by atoms with Crippen LogP contribution in [0.1, 0.15) is 128 Å². The topological polar surface area (TPSA) is 64.6 Å². The molecule has 206 valence electrons. The summed E-state index contributed by atoms with van der Waals surface area (Å²) in [5.74, 6) is 0. The van der Waals surface area contributed by atoms with Gasteiger partial charge in [0.05, 0.1) is 12.2 Å². The molecule has 4 rings (SSSR count). The quantitative estimate of drug-likeness (QED) is 0.195. The van der Waals surface area contributed by atoms with Crippen molar-refractivity contribution in [3.63, 3.8) is 0 Å². The minimum atomic E-state index is -2.83. The zero-order valence-electron chi connectivity index (χ0n) is 21.0. The molecular weight excluding hydrogens is 598 g/mol. The van der Waals surface area contributed by atoms with Crippen molar-refractivity contribution in [2.45, 2.75) is 151 Å². The minimum Gasteiger partial charge on any atom is -0.793 e. The first-order valence-corrected chi connectivity index (χ1v) is 21.9. The van der Waals surface area contributed by atoms with Crippen molar-refractivity contribution in [2.24, 2.45) is 0 Å². The van der Waals surface area contributed by atoms with Gasteiger partial charge in [0.1, 0.15) is 0 Å². The Morgan fingerprint density at radius 3 is 1.03 bits per heavy atom. The second kappa shape index (κ2) is 17.9. The largest absolute Gasteiger partial charge is 2.00 e. The third kappa shape index (κ3) is 14.5. The first-order valence-electron chi connectivity index (χ1n) is 13.7. The summed E-state index contributed by atoms with van der Waals surface area (Å²) in [4.78, 5) is 24.6. The molecule has 4 nitrogen and oxygen atoms in total. The number of hydrogen-bond donors (Lipinski definition) is 0. The van der Waals surface area contributed by atoms with E-state index in [4.69, 9.17) is 32.7 Å². The summed E-state index contributed by atoms with van der Waals surface area (Å²) in [6.45, 7) is 0. The van der Waals surface area contributed by atoms with Crippen LogP contribution in [0.5, 0.6) is 0 Å². The first-order chi connectivity index (χ1) is 16.3. The van der Waals surface area contributed by atoms with Gasteiger partial charge in [-0.1, -0.05) is 101 Å². The molecule has 11 heteroatoms. The molecule has 35 heavy (non-hydrogen) atoms. The van der Waals surface area contributed by atoms with Crippen molar-refractivity contribution >= 4 is 57.8 Å². The molecule has 4 aliphatic rings. The predicted octanol–water partition coefficient (Wildman–Crippen LogP) is 7.97. The van der Waals surface area contributed by atoms with Gasteiger partial charge in [0.25, 0.3) is 0 Å². The summed E-state index contributed by atoms with van der Waals surface area (Å²) in [6, 6.07) is 0. The fourth-order valence-corrected chi connectivity index (χ4v) is 15.9. The Morgan fingerprint density at radius 2 is 0.743 bits per heavy atom. The van der Waals surface area contributed by atoms with Crippen LogP contribution in [-0.2, 0) is 49.7 Å². The number of rotatable bonds is 8. The van der Waals surface area contributed by atoms with Gasteiger partial charge in [-0.25, -0.2) is 0 Å². The van der Waals surface area contributed by atoms with E-state index in [-0.39, 0.29) is 29.3 Å². The van der Waals surface area contributed by atoms with Crippen molar-refractivity contribution in [2.75, 3.05) is 0 Å². The molecule has 4 fully saturated rings. The van der Waals surface area contributed by atoms with Gasteiger partial charge in [-0.2, -0.15) is 0 Å². The van der Waals surface area contributed by atoms with E-state index in [9.17, 15) is 9.79 Å². The van der Waals surface area contributed by atoms with Crippen LogP contribution < -0.4 is 9.79 Å². The van der Waals surface area contributed by atoms with Gasteiger partial charge in [-0.15, -0.1) is 22.8 Å². The van der Waals surface area contributed by atoms with Gasteiger partial charge in [0.2, 0.25) is 0 Å². The van der Waals surface area contributed by atoms with Gasteiger partial charge in [0, 0.05) is 21.9 Å². The molecule has 0 aromatic carbocycles. The molecule has 4 aliphatic carbocycles. The van der Waals surface area contributed by atoms with E-state index in [1.165, 1.54) is 125 Å². The predicted molar refractivity (Wildman–Crippen MR) is 153 cm³/mol. The van der Waals surface area contributed by atoms with E-state index in [1.807, 2.05) is 0 Å². The van der Waals surface area contributed by atoms with Crippen LogP contribution in [0.3, 0.4) is 0 Å². The van der Waals surface area contributed by atoms with Gasteiger partial charge < -0.3 is 18.8 Å². The maximum Gasteiger partial charge on any atom is 2.00 e. The Hall–Kier alpha value is 2.36. The van der Waals surface area contributed by atoms with Crippen molar-refractivity contribution in [3.05, 3.63) is 0 Å². The molecule has 0 heterocycles. The van der Waals surface area contributed by atoms with Crippen LogP contribution in [-0.4, -0.2) is 22.7 Å². The van der Waals surface area contributed by atoms with Crippen LogP contribution >= 0.6 is 34.2 Å². The summed E-state index contributed by atoms with van der Waals surface area (Å²) < 4.78 is 11.4. The second-order valence-electron chi connectivity index (χ2n) is 10.4. The van der Waals surface area contributed by atoms with Crippen LogP contribution in [0.2, 0.25) is 0 Å². The molecule has 0 aromatic rings. The van der Waals surface area contributed by atoms with Crippen molar-refractivity contribution in [1.82, 2.24) is 0 Å². The molecule has 0 N–H and O–H groups in total. The van der Waals surface area contributed by atoms with E-state index in [1.54, 1.807) is 0 Å². The van der Waals surface area contributed by atoms with E-state index < -0.39 is 11.4 Å². The van der Waals surface area contributed by atoms with Crippen LogP contribution in [0.25, 0.3) is 0 Å². The smallest absolute Gasteiger partial charge is 0.793 e. The number of hydrogen-bond acceptors (Lipinski definition) is 8. The summed E-state index contributed by atoms with van der Waals surface area (Å²) in [5, 5.41) is 0.964. The summed E-state index contributed by atoms with van der Waals surface area (Å²) in [5.41, 5.74) is -5.66. The molecule has 0 aliphatic heterocycles. The molecule has 0 radical (unpaired) electrons. The maximum absolute atomic E-state index is 12.3. The average Bonchev–Trinajstić information content (AvgIpc) is 2.81. The molecule has 0 spiro atoms. The average molecular weight is 643 g/mol. The third-order valence-corrected chi connectivity index (χ3v) is 16.4. The summed E-state index contributed by atoms with van der Waals surface area (Å²) in [6.07, 6.45) is 24.3. The van der Waals surface area contributed by atoms with Crippen molar-refractivity contribution in [3.8, 4) is 0 Å². The molecule has 2 unspecified atom stereocenters. The fourth-order valence-electron chi connectivity index (χ4n) is 5.46. The minimum absolute atomic E-state index is 0. The van der Waals surface area contributed by atoms with Crippen molar-refractivity contribution < 1.29 is 35.9 Å². The van der Waals surface area contributed by atoms with E-state index in [2.05, 4.69) is 0 Å². The Bertz CT molecular complexity index is 562. The van der Waals surface area contributed by atoms with Gasteiger partial charge >= 0.3 is 17.1 Å². The Morgan fingerprint density at radius 1 is 0.486 bits per heavy atom. The zero-order valence-corrected chi connectivity index (χ0v) is 27.1. The van der Waals surface area contributed by atoms with Crippen LogP contribution in [0.15, 0.2) is 0 Å². The Labute approximate surface area is 243 Å². The van der Waals surface area contributed by atoms with Crippen LogP contribution in [0, 0.1) is 0 Å². The van der Waals surface area contributed by atoms with E-state index >= 15 is 0 Å². The third-order valence-electron chi connectivity index (χ3n) is 7.32. The van der Waals surface area contributed by atoms with Gasteiger partial charge in [-0.05, 0) is 51.4 Å². The van der Waals surface area contributed by atoms with E-state index in [0.29, 0.717) is 10.5 Å². The van der Waals surface area contributed by atoms with Crippen molar-refractivity contribution in [1.29, 1.82) is 0 Å². The molecule has 0 saturated heterocycles. The summed E-state index contributed by atoms with van der Waals surface area (Å²) in [7, 11) is 0. The monoisotopic (exact) mass is 642 g/mol. The molecule has 0 amide bonds. The SMILES string of the molecule is [Fe+2].[O-]P(=S)(OC1CCCCC1)SC1CCCCC1.[O-]P(=S)(OC1CCCCC1)SC1CCCCC1. The zero-order chi connectivity index (χ0) is 24.3. The van der Waals surface area contributed by atoms with Crippen LogP contribution in [0.4, 0.5) is 0 Å². The van der Waals surface area contributed by atoms with Gasteiger partial charge in [0.15, 0.2) is 0 Å².